The number of hydrogen-bond acceptors (Lipinski definition) is 2. The van der Waals surface area contributed by atoms with Gasteiger partial charge in [0.05, 0.1) is 11.4 Å². The molecule has 0 aromatic heterocycles. The average Bonchev–Trinajstić information content (AvgIpc) is 2.53. The van der Waals surface area contributed by atoms with Crippen LogP contribution in [0.2, 0.25) is 5.02 Å². The van der Waals surface area contributed by atoms with E-state index in [2.05, 4.69) is 10.3 Å². The maximum absolute atomic E-state index is 13.4. The van der Waals surface area contributed by atoms with Crippen molar-refractivity contribution in [2.75, 3.05) is 5.32 Å². The molecular weight excluding hydrogens is 336 g/mol. The lowest BCUT2D eigenvalue weighted by molar-refractivity contribution is -0.117. The average molecular weight is 350 g/mol. The van der Waals surface area contributed by atoms with E-state index in [9.17, 15) is 13.6 Å². The quantitative estimate of drug-likeness (QED) is 0.639. The number of nitrogens with zero attached hydrogens (tertiary/aromatic N) is 1. The second kappa shape index (κ2) is 8.21. The van der Waals surface area contributed by atoms with Crippen molar-refractivity contribution in [2.24, 2.45) is 10.7 Å². The number of rotatable bonds is 5. The van der Waals surface area contributed by atoms with E-state index in [1.807, 2.05) is 0 Å². The topological polar surface area (TPSA) is 67.5 Å². The maximum atomic E-state index is 13.4. The van der Waals surface area contributed by atoms with Crippen molar-refractivity contribution >= 4 is 29.0 Å². The van der Waals surface area contributed by atoms with Crippen molar-refractivity contribution in [1.82, 2.24) is 0 Å². The lowest BCUT2D eigenvalue weighted by Gasteiger charge is -2.02. The molecule has 0 saturated heterocycles. The maximum Gasteiger partial charge on any atom is 0.252 e. The lowest BCUT2D eigenvalue weighted by atomic mass is 10.1. The number of anilines is 1. The van der Waals surface area contributed by atoms with Gasteiger partial charge >= 0.3 is 0 Å². The Bertz CT molecular complexity index is 806. The fraction of sp³-hybridized carbons (Fsp3) is 0.0588. The molecule has 0 bridgehead atoms. The standard InChI is InChI=1S/C17H14ClF2N3O/c18-13-6-5-12(10-15(13)20)22-8-7-16(21)23-17(24)9-11-3-1-2-4-14(11)19/h1-8,10,22H,9H2,(H2,21,23,24)/b8-7-. The largest absolute Gasteiger partial charge is 0.384 e. The third-order valence-corrected chi connectivity index (χ3v) is 3.28. The summed E-state index contributed by atoms with van der Waals surface area (Å²) in [7, 11) is 0. The second-order valence-electron chi connectivity index (χ2n) is 4.81. The highest BCUT2D eigenvalue weighted by atomic mass is 35.5. The van der Waals surface area contributed by atoms with Crippen LogP contribution in [0, 0.1) is 11.6 Å². The minimum Gasteiger partial charge on any atom is -0.384 e. The van der Waals surface area contributed by atoms with Crippen LogP contribution in [0.25, 0.3) is 0 Å². The Morgan fingerprint density at radius 2 is 1.96 bits per heavy atom. The van der Waals surface area contributed by atoms with E-state index in [0.29, 0.717) is 5.69 Å². The van der Waals surface area contributed by atoms with Crippen LogP contribution in [0.5, 0.6) is 0 Å². The first-order chi connectivity index (χ1) is 11.5. The fourth-order valence-electron chi connectivity index (χ4n) is 1.83. The summed E-state index contributed by atoms with van der Waals surface area (Å²) >= 11 is 5.58. The summed E-state index contributed by atoms with van der Waals surface area (Å²) in [6.45, 7) is 0. The second-order valence-corrected chi connectivity index (χ2v) is 5.21. The molecule has 1 amide bonds. The molecule has 0 saturated carbocycles. The van der Waals surface area contributed by atoms with E-state index < -0.39 is 17.5 Å². The van der Waals surface area contributed by atoms with Crippen LogP contribution in [0.1, 0.15) is 5.56 Å². The van der Waals surface area contributed by atoms with Crippen LogP contribution in [-0.4, -0.2) is 11.7 Å². The highest BCUT2D eigenvalue weighted by Crippen LogP contribution is 2.18. The van der Waals surface area contributed by atoms with E-state index in [4.69, 9.17) is 17.3 Å². The Morgan fingerprint density at radius 3 is 2.67 bits per heavy atom. The lowest BCUT2D eigenvalue weighted by Crippen LogP contribution is -2.13. The minimum atomic E-state index is -0.570. The number of amides is 1. The molecule has 7 heteroatoms. The molecule has 2 aromatic carbocycles. The molecule has 0 aliphatic heterocycles. The fourth-order valence-corrected chi connectivity index (χ4v) is 1.95. The molecule has 4 nitrogen and oxygen atoms in total. The Balaban J connectivity index is 1.94. The van der Waals surface area contributed by atoms with Gasteiger partial charge in [0.25, 0.3) is 5.91 Å². The predicted molar refractivity (Wildman–Crippen MR) is 90.9 cm³/mol. The molecule has 0 aliphatic rings. The van der Waals surface area contributed by atoms with Crippen LogP contribution in [0.4, 0.5) is 14.5 Å². The van der Waals surface area contributed by atoms with E-state index in [1.165, 1.54) is 42.6 Å². The Morgan fingerprint density at radius 1 is 1.21 bits per heavy atom. The van der Waals surface area contributed by atoms with E-state index in [1.54, 1.807) is 12.1 Å². The van der Waals surface area contributed by atoms with Gasteiger partial charge in [-0.2, -0.15) is 4.99 Å². The summed E-state index contributed by atoms with van der Waals surface area (Å²) in [6, 6.07) is 10.1. The first-order valence-corrected chi connectivity index (χ1v) is 7.32. The summed E-state index contributed by atoms with van der Waals surface area (Å²) in [6.07, 6.45) is 2.56. The molecule has 0 aliphatic carbocycles. The van der Waals surface area contributed by atoms with Gasteiger partial charge < -0.3 is 11.1 Å². The molecule has 0 atom stereocenters. The summed E-state index contributed by atoms with van der Waals surface area (Å²) in [5.41, 5.74) is 6.30. The molecule has 2 rings (SSSR count). The molecule has 124 valence electrons. The normalized spacial score (nSPS) is 11.7. The van der Waals surface area contributed by atoms with Gasteiger partial charge in [0.2, 0.25) is 0 Å². The highest BCUT2D eigenvalue weighted by Gasteiger charge is 2.06. The van der Waals surface area contributed by atoms with Crippen molar-refractivity contribution in [3.63, 3.8) is 0 Å². The van der Waals surface area contributed by atoms with Gasteiger partial charge in [0.1, 0.15) is 17.5 Å². The molecule has 0 spiro atoms. The van der Waals surface area contributed by atoms with Crippen molar-refractivity contribution < 1.29 is 13.6 Å². The Kier molecular flexibility index (Phi) is 6.03. The van der Waals surface area contributed by atoms with Crippen LogP contribution in [0.3, 0.4) is 0 Å². The number of nitrogens with one attached hydrogen (secondary N) is 1. The molecule has 24 heavy (non-hydrogen) atoms. The van der Waals surface area contributed by atoms with Crippen molar-refractivity contribution in [3.05, 3.63) is 77.0 Å². The molecule has 0 unspecified atom stereocenters. The number of carbonyl (C=O) groups excluding carboxylic acids is 1. The number of amidine groups is 1. The van der Waals surface area contributed by atoms with Crippen LogP contribution in [-0.2, 0) is 11.2 Å². The minimum absolute atomic E-state index is 0.0179. The summed E-state index contributed by atoms with van der Waals surface area (Å²) in [5, 5.41) is 2.78. The SMILES string of the molecule is NC(/C=C\Nc1ccc(Cl)c(F)c1)=NC(=O)Cc1ccccc1F. The van der Waals surface area contributed by atoms with Crippen molar-refractivity contribution in [2.45, 2.75) is 6.42 Å². The third kappa shape index (κ3) is 5.17. The molecular formula is C17H14ClF2N3O. The zero-order valence-electron chi connectivity index (χ0n) is 12.5. The Hall–Kier alpha value is -2.73. The van der Waals surface area contributed by atoms with Gasteiger partial charge in [-0.1, -0.05) is 29.8 Å². The number of hydrogen-bond donors (Lipinski definition) is 2. The van der Waals surface area contributed by atoms with Crippen LogP contribution < -0.4 is 11.1 Å². The number of carbonyl (C=O) groups is 1. The van der Waals surface area contributed by atoms with Crippen molar-refractivity contribution in [3.8, 4) is 0 Å². The summed E-state index contributed by atoms with van der Waals surface area (Å²) in [5.74, 6) is -1.66. The van der Waals surface area contributed by atoms with Gasteiger partial charge in [-0.05, 0) is 35.9 Å². The van der Waals surface area contributed by atoms with E-state index >= 15 is 0 Å². The number of benzene rings is 2. The van der Waals surface area contributed by atoms with Gasteiger partial charge in [0.15, 0.2) is 0 Å². The van der Waals surface area contributed by atoms with Crippen molar-refractivity contribution in [1.29, 1.82) is 0 Å². The molecule has 0 heterocycles. The van der Waals surface area contributed by atoms with Gasteiger partial charge in [-0.3, -0.25) is 4.79 Å². The van der Waals surface area contributed by atoms with E-state index in [0.717, 1.165) is 0 Å². The zero-order chi connectivity index (χ0) is 17.5. The third-order valence-electron chi connectivity index (χ3n) is 2.98. The van der Waals surface area contributed by atoms with Gasteiger partial charge in [-0.25, -0.2) is 8.78 Å². The number of nitrogens with two attached hydrogens (primary N) is 1. The van der Waals surface area contributed by atoms with Crippen LogP contribution >= 0.6 is 11.6 Å². The molecule has 0 fully saturated rings. The number of aliphatic imine (C=N–C) groups is 1. The summed E-state index contributed by atoms with van der Waals surface area (Å²) in [4.78, 5) is 15.4. The zero-order valence-corrected chi connectivity index (χ0v) is 13.2. The molecule has 3 N–H and O–H groups in total. The predicted octanol–water partition coefficient (Wildman–Crippen LogP) is 3.67. The van der Waals surface area contributed by atoms with Gasteiger partial charge in [0, 0.05) is 11.9 Å². The smallest absolute Gasteiger partial charge is 0.252 e. The van der Waals surface area contributed by atoms with Crippen LogP contribution in [0.15, 0.2) is 59.7 Å². The first kappa shape index (κ1) is 17.6. The molecule has 0 radical (unpaired) electrons. The summed E-state index contributed by atoms with van der Waals surface area (Å²) < 4.78 is 26.7. The highest BCUT2D eigenvalue weighted by molar-refractivity contribution is 6.30. The number of halogens is 3. The Labute approximate surface area is 142 Å². The first-order valence-electron chi connectivity index (χ1n) is 6.94. The monoisotopic (exact) mass is 349 g/mol. The van der Waals surface area contributed by atoms with E-state index in [-0.39, 0.29) is 22.8 Å². The molecule has 2 aromatic rings. The van der Waals surface area contributed by atoms with Gasteiger partial charge in [-0.15, -0.1) is 0 Å².